The van der Waals surface area contributed by atoms with E-state index in [-0.39, 0.29) is 37.3 Å². The summed E-state index contributed by atoms with van der Waals surface area (Å²) in [7, 11) is 1.59. The maximum atomic E-state index is 13.9. The van der Waals surface area contributed by atoms with Gasteiger partial charge in [-0.2, -0.15) is 0 Å². The molecule has 0 aromatic heterocycles. The van der Waals surface area contributed by atoms with E-state index < -0.39 is 29.4 Å². The lowest BCUT2D eigenvalue weighted by Gasteiger charge is -2.50. The molecule has 3 heterocycles. The summed E-state index contributed by atoms with van der Waals surface area (Å²) in [4.78, 5) is 13.9. The summed E-state index contributed by atoms with van der Waals surface area (Å²) in [5.74, 6) is -1.53. The van der Waals surface area contributed by atoms with Gasteiger partial charge < -0.3 is 29.2 Å². The molecule has 0 aromatic rings. The molecule has 2 bridgehead atoms. The third-order valence-corrected chi connectivity index (χ3v) is 9.44. The Labute approximate surface area is 240 Å². The molecular formula is C33H50O7. The number of esters is 1. The Morgan fingerprint density at radius 1 is 1.15 bits per heavy atom. The van der Waals surface area contributed by atoms with E-state index in [2.05, 4.69) is 39.8 Å². The lowest BCUT2D eigenvalue weighted by atomic mass is 9.71. The second kappa shape index (κ2) is 13.0. The largest absolute Gasteiger partial charge is 0.462 e. The highest BCUT2D eigenvalue weighted by Crippen LogP contribution is 2.45. The number of fused-ring (bicyclic) bond motifs is 3. The van der Waals surface area contributed by atoms with Crippen LogP contribution in [0.25, 0.3) is 0 Å². The van der Waals surface area contributed by atoms with Crippen LogP contribution in [0.2, 0.25) is 0 Å². The van der Waals surface area contributed by atoms with Gasteiger partial charge in [0.15, 0.2) is 5.79 Å². The zero-order valence-corrected chi connectivity index (χ0v) is 25.2. The van der Waals surface area contributed by atoms with E-state index in [4.69, 9.17) is 18.9 Å². The predicted octanol–water partition coefficient (Wildman–Crippen LogP) is 5.56. The van der Waals surface area contributed by atoms with Gasteiger partial charge in [-0.3, -0.25) is 4.79 Å². The number of aliphatic hydroxyl groups excluding tert-OH is 1. The molecule has 9 atom stereocenters. The van der Waals surface area contributed by atoms with E-state index in [0.29, 0.717) is 24.3 Å². The molecule has 4 rings (SSSR count). The van der Waals surface area contributed by atoms with E-state index in [1.165, 1.54) is 5.57 Å². The molecule has 7 heteroatoms. The Hall–Kier alpha value is -1.77. The Balaban J connectivity index is 1.73. The van der Waals surface area contributed by atoms with Gasteiger partial charge in [0.05, 0.1) is 24.9 Å². The van der Waals surface area contributed by atoms with Gasteiger partial charge in [0.1, 0.15) is 17.6 Å². The van der Waals surface area contributed by atoms with Crippen molar-refractivity contribution < 1.29 is 34.0 Å². The molecule has 7 nitrogen and oxygen atoms in total. The van der Waals surface area contributed by atoms with Gasteiger partial charge >= 0.3 is 5.97 Å². The SMILES string of the molecule is CC[C@H]1O[C@]2(CC[C@@H]1C)C[C@@H]1C[C@@H](C/C=C(\C)C[C@@H](C)/C=C/C=C(\CO)[C@]3(O)C[C@@H](OC)C(C)=C[C@H]3C(=O)O1)O2. The van der Waals surface area contributed by atoms with Gasteiger partial charge in [0.2, 0.25) is 0 Å². The van der Waals surface area contributed by atoms with Gasteiger partial charge in [-0.25, -0.2) is 0 Å². The predicted molar refractivity (Wildman–Crippen MR) is 154 cm³/mol. The van der Waals surface area contributed by atoms with E-state index in [0.717, 1.165) is 37.7 Å². The number of ether oxygens (including phenoxy) is 4. The minimum Gasteiger partial charge on any atom is -0.462 e. The van der Waals surface area contributed by atoms with Gasteiger partial charge in [-0.1, -0.05) is 56.7 Å². The quantitative estimate of drug-likeness (QED) is 0.346. The minimum atomic E-state index is -1.64. The van der Waals surface area contributed by atoms with Crippen LogP contribution >= 0.6 is 0 Å². The molecule has 0 aromatic carbocycles. The third-order valence-electron chi connectivity index (χ3n) is 9.44. The van der Waals surface area contributed by atoms with Crippen LogP contribution in [-0.4, -0.2) is 65.7 Å². The van der Waals surface area contributed by atoms with Crippen molar-refractivity contribution in [2.45, 2.75) is 122 Å². The third kappa shape index (κ3) is 6.81. The highest BCUT2D eigenvalue weighted by molar-refractivity contribution is 5.78. The molecule has 2 N–H and O–H groups in total. The number of carbonyl (C=O) groups excluding carboxylic acids is 1. The van der Waals surface area contributed by atoms with E-state index in [1.54, 1.807) is 19.3 Å². The summed E-state index contributed by atoms with van der Waals surface area (Å²) in [6.45, 7) is 10.2. The standard InChI is InChI=1S/C33H50O7/c1-7-29-23(4)13-14-32(40-29)18-27-17-26(39-32)12-11-22(3)15-21(2)9-8-10-25(20-34)33(36)19-30(37-6)24(5)16-28(33)31(35)38-27/h8-11,16,21,23,26-30,34,36H,7,12-15,17-20H2,1-6H3/b9-8+,22-11+,25-10+/t21-,23-,26+,27-,28-,29+,30+,32+,33+/m0/s1. The molecule has 2 saturated heterocycles. The summed E-state index contributed by atoms with van der Waals surface area (Å²) in [6, 6.07) is 0. The smallest absolute Gasteiger partial charge is 0.316 e. The molecule has 224 valence electrons. The Morgan fingerprint density at radius 3 is 2.62 bits per heavy atom. The second-order valence-electron chi connectivity index (χ2n) is 12.7. The first-order chi connectivity index (χ1) is 19.0. The van der Waals surface area contributed by atoms with Crippen LogP contribution in [0.4, 0.5) is 0 Å². The molecule has 1 aliphatic carbocycles. The average Bonchev–Trinajstić information content (AvgIpc) is 2.91. The average molecular weight is 559 g/mol. The van der Waals surface area contributed by atoms with Crippen molar-refractivity contribution in [2.24, 2.45) is 17.8 Å². The number of methoxy groups -OCH3 is 1. The van der Waals surface area contributed by atoms with Crippen LogP contribution in [-0.2, 0) is 23.7 Å². The Bertz CT molecular complexity index is 1030. The first-order valence-electron chi connectivity index (χ1n) is 15.2. The van der Waals surface area contributed by atoms with Crippen molar-refractivity contribution >= 4 is 5.97 Å². The lowest BCUT2D eigenvalue weighted by molar-refractivity contribution is -0.335. The molecule has 4 aliphatic rings. The fourth-order valence-electron chi connectivity index (χ4n) is 7.03. The zero-order valence-electron chi connectivity index (χ0n) is 25.2. The highest BCUT2D eigenvalue weighted by atomic mass is 16.7. The number of rotatable bonds is 3. The van der Waals surface area contributed by atoms with Gasteiger partial charge in [-0.05, 0) is 62.5 Å². The van der Waals surface area contributed by atoms with Gasteiger partial charge in [0.25, 0.3) is 0 Å². The van der Waals surface area contributed by atoms with Crippen LogP contribution in [0.3, 0.4) is 0 Å². The maximum absolute atomic E-state index is 13.9. The highest BCUT2D eigenvalue weighted by Gasteiger charge is 2.51. The molecule has 1 spiro atoms. The number of aliphatic hydroxyl groups is 2. The van der Waals surface area contributed by atoms with Crippen molar-refractivity contribution in [3.05, 3.63) is 47.1 Å². The summed E-state index contributed by atoms with van der Waals surface area (Å²) in [6.07, 6.45) is 14.3. The first kappa shape index (κ1) is 31.2. The summed E-state index contributed by atoms with van der Waals surface area (Å²) in [5, 5.41) is 22.4. The summed E-state index contributed by atoms with van der Waals surface area (Å²) < 4.78 is 25.2. The lowest BCUT2D eigenvalue weighted by Crippen LogP contribution is -2.55. The van der Waals surface area contributed by atoms with E-state index in [1.807, 2.05) is 13.0 Å². The number of hydrogen-bond acceptors (Lipinski definition) is 7. The number of carbonyl (C=O) groups is 1. The molecule has 0 radical (unpaired) electrons. The topological polar surface area (TPSA) is 94.5 Å². The van der Waals surface area contributed by atoms with Crippen LogP contribution < -0.4 is 0 Å². The van der Waals surface area contributed by atoms with Crippen LogP contribution in [0.5, 0.6) is 0 Å². The normalized spacial score (nSPS) is 44.9. The van der Waals surface area contributed by atoms with Gasteiger partial charge in [-0.15, -0.1) is 0 Å². The summed E-state index contributed by atoms with van der Waals surface area (Å²) >= 11 is 0. The number of allylic oxidation sites excluding steroid dienone is 4. The fourth-order valence-corrected chi connectivity index (χ4v) is 7.03. The first-order valence-corrected chi connectivity index (χ1v) is 15.2. The monoisotopic (exact) mass is 558 g/mol. The molecule has 40 heavy (non-hydrogen) atoms. The van der Waals surface area contributed by atoms with E-state index >= 15 is 0 Å². The van der Waals surface area contributed by atoms with Crippen molar-refractivity contribution in [3.8, 4) is 0 Å². The van der Waals surface area contributed by atoms with Crippen molar-refractivity contribution in [3.63, 3.8) is 0 Å². The van der Waals surface area contributed by atoms with E-state index in [9.17, 15) is 15.0 Å². The van der Waals surface area contributed by atoms with Crippen molar-refractivity contribution in [1.82, 2.24) is 0 Å². The molecule has 0 saturated carbocycles. The maximum Gasteiger partial charge on any atom is 0.316 e. The van der Waals surface area contributed by atoms with Gasteiger partial charge in [0, 0.05) is 32.8 Å². The Morgan fingerprint density at radius 2 is 1.93 bits per heavy atom. The number of hydrogen-bond donors (Lipinski definition) is 2. The van der Waals surface area contributed by atoms with Crippen LogP contribution in [0.1, 0.15) is 86.0 Å². The minimum absolute atomic E-state index is 0.101. The molecule has 3 aliphatic heterocycles. The molecule has 2 fully saturated rings. The Kier molecular flexibility index (Phi) is 10.2. The van der Waals surface area contributed by atoms with Crippen LogP contribution in [0.15, 0.2) is 47.1 Å². The van der Waals surface area contributed by atoms with Crippen molar-refractivity contribution in [1.29, 1.82) is 0 Å². The van der Waals surface area contributed by atoms with Crippen LogP contribution in [0, 0.1) is 17.8 Å². The zero-order chi connectivity index (χ0) is 29.1. The summed E-state index contributed by atoms with van der Waals surface area (Å²) in [5.41, 5.74) is 0.868. The van der Waals surface area contributed by atoms with Crippen molar-refractivity contribution in [2.75, 3.05) is 13.7 Å². The molecule has 0 unspecified atom stereocenters. The molecular weight excluding hydrogens is 508 g/mol. The fraction of sp³-hybridized carbons (Fsp3) is 0.727. The molecule has 0 amide bonds. The second-order valence-corrected chi connectivity index (χ2v) is 12.7.